The van der Waals surface area contributed by atoms with E-state index in [1.807, 2.05) is 19.2 Å². The standard InChI is InChI=1S/C15H18ClN3O2S2/c1-17-13-3-2-8-19(9-13)23(20,21)14-10-22-15(18-14)11-4-6-12(16)7-5-11/h4-7,10,13,17H,2-3,8-9H2,1H3. The number of hydrogen-bond donors (Lipinski definition) is 1. The number of likely N-dealkylation sites (N-methyl/N-ethyl adjacent to an activating group) is 1. The molecule has 5 nitrogen and oxygen atoms in total. The van der Waals surface area contributed by atoms with Crippen molar-refractivity contribution < 1.29 is 8.42 Å². The molecule has 2 aromatic rings. The molecule has 2 heterocycles. The van der Waals surface area contributed by atoms with Gasteiger partial charge in [0.1, 0.15) is 5.01 Å². The molecule has 0 saturated carbocycles. The molecule has 0 radical (unpaired) electrons. The number of rotatable bonds is 4. The van der Waals surface area contributed by atoms with E-state index in [2.05, 4.69) is 10.3 Å². The molecule has 0 aliphatic carbocycles. The van der Waals surface area contributed by atoms with Crippen LogP contribution in [-0.4, -0.2) is 43.9 Å². The normalized spacial score (nSPS) is 19.8. The van der Waals surface area contributed by atoms with E-state index in [4.69, 9.17) is 11.6 Å². The fourth-order valence-corrected chi connectivity index (χ4v) is 5.35. The van der Waals surface area contributed by atoms with Gasteiger partial charge in [0.15, 0.2) is 5.03 Å². The van der Waals surface area contributed by atoms with E-state index in [9.17, 15) is 8.42 Å². The minimum absolute atomic E-state index is 0.129. The summed E-state index contributed by atoms with van der Waals surface area (Å²) in [6.07, 6.45) is 1.86. The summed E-state index contributed by atoms with van der Waals surface area (Å²) >= 11 is 7.21. The van der Waals surface area contributed by atoms with E-state index >= 15 is 0 Å². The summed E-state index contributed by atoms with van der Waals surface area (Å²) in [6.45, 7) is 1.04. The van der Waals surface area contributed by atoms with Gasteiger partial charge < -0.3 is 5.32 Å². The van der Waals surface area contributed by atoms with E-state index in [0.29, 0.717) is 23.1 Å². The van der Waals surface area contributed by atoms with E-state index in [-0.39, 0.29) is 11.1 Å². The zero-order chi connectivity index (χ0) is 16.4. The van der Waals surface area contributed by atoms with Crippen LogP contribution in [0.4, 0.5) is 0 Å². The molecule has 1 saturated heterocycles. The Labute approximate surface area is 145 Å². The van der Waals surface area contributed by atoms with Crippen molar-refractivity contribution in [3.05, 3.63) is 34.7 Å². The molecule has 1 aliphatic heterocycles. The minimum Gasteiger partial charge on any atom is -0.316 e. The highest BCUT2D eigenvalue weighted by molar-refractivity contribution is 7.89. The largest absolute Gasteiger partial charge is 0.316 e. The van der Waals surface area contributed by atoms with Gasteiger partial charge in [-0.25, -0.2) is 13.4 Å². The molecule has 1 aromatic heterocycles. The van der Waals surface area contributed by atoms with Gasteiger partial charge in [0.05, 0.1) is 0 Å². The number of nitrogens with one attached hydrogen (secondary N) is 1. The van der Waals surface area contributed by atoms with Crippen LogP contribution >= 0.6 is 22.9 Å². The average Bonchev–Trinajstić information content (AvgIpc) is 3.06. The van der Waals surface area contributed by atoms with Gasteiger partial charge in [0.25, 0.3) is 10.0 Å². The van der Waals surface area contributed by atoms with E-state index in [1.54, 1.807) is 17.5 Å². The first kappa shape index (κ1) is 16.9. The number of thiazole rings is 1. The second-order valence-corrected chi connectivity index (χ2v) is 8.67. The molecule has 1 aromatic carbocycles. The molecule has 23 heavy (non-hydrogen) atoms. The van der Waals surface area contributed by atoms with E-state index < -0.39 is 10.0 Å². The van der Waals surface area contributed by atoms with Gasteiger partial charge in [-0.2, -0.15) is 4.31 Å². The predicted octanol–water partition coefficient (Wildman–Crippen LogP) is 2.84. The lowest BCUT2D eigenvalue weighted by Crippen LogP contribution is -2.46. The SMILES string of the molecule is CNC1CCCN(S(=O)(=O)c2csc(-c3ccc(Cl)cc3)n2)C1. The van der Waals surface area contributed by atoms with Crippen LogP contribution in [0.2, 0.25) is 5.02 Å². The molecule has 1 fully saturated rings. The summed E-state index contributed by atoms with van der Waals surface area (Å²) < 4.78 is 27.1. The van der Waals surface area contributed by atoms with E-state index in [1.165, 1.54) is 15.6 Å². The highest BCUT2D eigenvalue weighted by Gasteiger charge is 2.31. The molecule has 1 aliphatic rings. The van der Waals surface area contributed by atoms with Crippen molar-refractivity contribution >= 4 is 33.0 Å². The minimum atomic E-state index is -3.53. The maximum Gasteiger partial charge on any atom is 0.261 e. The van der Waals surface area contributed by atoms with E-state index in [0.717, 1.165) is 18.4 Å². The van der Waals surface area contributed by atoms with Gasteiger partial charge in [-0.15, -0.1) is 11.3 Å². The van der Waals surface area contributed by atoms with Crippen molar-refractivity contribution in [3.8, 4) is 10.6 Å². The first-order valence-corrected chi connectivity index (χ1v) is 10.1. The lowest BCUT2D eigenvalue weighted by atomic mass is 10.1. The number of sulfonamides is 1. The van der Waals surface area contributed by atoms with Crippen LogP contribution in [0.25, 0.3) is 10.6 Å². The summed E-state index contributed by atoms with van der Waals surface area (Å²) in [5, 5.41) is 6.23. The van der Waals surface area contributed by atoms with Crippen molar-refractivity contribution in [3.63, 3.8) is 0 Å². The quantitative estimate of drug-likeness (QED) is 0.897. The first-order chi connectivity index (χ1) is 11.0. The van der Waals surface area contributed by atoms with Gasteiger partial charge in [0, 0.05) is 35.1 Å². The number of halogens is 1. The monoisotopic (exact) mass is 371 g/mol. The number of hydrogen-bond acceptors (Lipinski definition) is 5. The number of aromatic nitrogens is 1. The Hall–Kier alpha value is -0.990. The highest BCUT2D eigenvalue weighted by atomic mass is 35.5. The average molecular weight is 372 g/mol. The molecule has 124 valence electrons. The molecule has 0 amide bonds. The highest BCUT2D eigenvalue weighted by Crippen LogP contribution is 2.29. The van der Waals surface area contributed by atoms with Gasteiger partial charge in [0.2, 0.25) is 0 Å². The number of benzene rings is 1. The summed E-state index contributed by atoms with van der Waals surface area (Å²) in [6, 6.07) is 7.43. The Morgan fingerprint density at radius 1 is 1.35 bits per heavy atom. The lowest BCUT2D eigenvalue weighted by Gasteiger charge is -2.31. The Bertz CT molecular complexity index is 774. The Kier molecular flexibility index (Phi) is 5.03. The fraction of sp³-hybridized carbons (Fsp3) is 0.400. The maximum absolute atomic E-state index is 12.8. The van der Waals surface area contributed by atoms with Crippen LogP contribution < -0.4 is 5.32 Å². The van der Waals surface area contributed by atoms with Gasteiger partial charge in [-0.3, -0.25) is 0 Å². The van der Waals surface area contributed by atoms with Crippen molar-refractivity contribution in [1.29, 1.82) is 0 Å². The summed E-state index contributed by atoms with van der Waals surface area (Å²) in [7, 11) is -1.67. The van der Waals surface area contributed by atoms with Gasteiger partial charge in [-0.05, 0) is 32.0 Å². The fourth-order valence-electron chi connectivity index (χ4n) is 2.63. The Morgan fingerprint density at radius 3 is 2.78 bits per heavy atom. The smallest absolute Gasteiger partial charge is 0.261 e. The van der Waals surface area contributed by atoms with Crippen molar-refractivity contribution in [2.24, 2.45) is 0 Å². The van der Waals surface area contributed by atoms with Crippen LogP contribution in [0.5, 0.6) is 0 Å². The molecule has 0 spiro atoms. The third-order valence-corrected chi connectivity index (χ3v) is 7.01. The summed E-state index contributed by atoms with van der Waals surface area (Å²) in [4.78, 5) is 4.33. The number of nitrogens with zero attached hydrogens (tertiary/aromatic N) is 2. The summed E-state index contributed by atoms with van der Waals surface area (Å²) in [5.74, 6) is 0. The molecule has 8 heteroatoms. The van der Waals surface area contributed by atoms with Gasteiger partial charge >= 0.3 is 0 Å². The van der Waals surface area contributed by atoms with Gasteiger partial charge in [-0.1, -0.05) is 23.7 Å². The van der Waals surface area contributed by atoms with Crippen molar-refractivity contribution in [2.75, 3.05) is 20.1 Å². The van der Waals surface area contributed by atoms with Crippen molar-refractivity contribution in [2.45, 2.75) is 23.9 Å². The zero-order valence-corrected chi connectivity index (χ0v) is 15.1. The molecular weight excluding hydrogens is 354 g/mol. The van der Waals surface area contributed by atoms with Crippen LogP contribution in [0.1, 0.15) is 12.8 Å². The molecule has 1 N–H and O–H groups in total. The maximum atomic E-state index is 12.8. The molecule has 0 bridgehead atoms. The third-order valence-electron chi connectivity index (χ3n) is 3.97. The predicted molar refractivity (Wildman–Crippen MR) is 93.4 cm³/mol. The van der Waals surface area contributed by atoms with Crippen LogP contribution in [0, 0.1) is 0 Å². The second kappa shape index (κ2) is 6.86. The van der Waals surface area contributed by atoms with Crippen LogP contribution in [0.3, 0.4) is 0 Å². The topological polar surface area (TPSA) is 62.3 Å². The Morgan fingerprint density at radius 2 is 2.09 bits per heavy atom. The summed E-state index contributed by atoms with van der Waals surface area (Å²) in [5.41, 5.74) is 0.868. The van der Waals surface area contributed by atoms with Crippen LogP contribution in [0.15, 0.2) is 34.7 Å². The first-order valence-electron chi connectivity index (χ1n) is 7.39. The molecular formula is C15H18ClN3O2S2. The second-order valence-electron chi connectivity index (χ2n) is 5.49. The van der Waals surface area contributed by atoms with Crippen molar-refractivity contribution in [1.82, 2.24) is 14.6 Å². The third kappa shape index (κ3) is 3.59. The van der Waals surface area contributed by atoms with Crippen LogP contribution in [-0.2, 0) is 10.0 Å². The molecule has 3 rings (SSSR count). The Balaban J connectivity index is 1.85. The molecule has 1 atom stereocenters. The zero-order valence-electron chi connectivity index (χ0n) is 12.7. The number of piperidine rings is 1. The lowest BCUT2D eigenvalue weighted by molar-refractivity contribution is 0.292. The molecule has 1 unspecified atom stereocenters.